The van der Waals surface area contributed by atoms with E-state index in [2.05, 4.69) is 56.7 Å². The lowest BCUT2D eigenvalue weighted by molar-refractivity contribution is 0.252. The third kappa shape index (κ3) is 4.50. The molecule has 0 radical (unpaired) electrons. The topological polar surface area (TPSA) is 85.4 Å². The van der Waals surface area contributed by atoms with Crippen LogP contribution < -0.4 is 10.7 Å². The summed E-state index contributed by atoms with van der Waals surface area (Å²) in [6.07, 6.45) is 3.48. The van der Waals surface area contributed by atoms with E-state index in [1.807, 2.05) is 36.5 Å². The first kappa shape index (κ1) is 20.1. The number of urea groups is 1. The Morgan fingerprint density at radius 1 is 1.23 bits per heavy atom. The van der Waals surface area contributed by atoms with Crippen LogP contribution >= 0.6 is 11.3 Å². The van der Waals surface area contributed by atoms with Crippen molar-refractivity contribution in [1.82, 2.24) is 20.3 Å². The number of benzene rings is 2. The molecule has 0 aliphatic carbocycles. The van der Waals surface area contributed by atoms with Crippen LogP contribution in [0.25, 0.3) is 21.1 Å². The van der Waals surface area contributed by atoms with Crippen LogP contribution in [0.4, 0.5) is 9.93 Å². The summed E-state index contributed by atoms with van der Waals surface area (Å²) in [5.74, 6) is 0. The Balaban J connectivity index is 1.39. The molecule has 0 saturated heterocycles. The van der Waals surface area contributed by atoms with E-state index in [0.717, 1.165) is 46.3 Å². The summed E-state index contributed by atoms with van der Waals surface area (Å²) in [5.41, 5.74) is 6.55. The molecule has 0 aliphatic rings. The monoisotopic (exact) mass is 420 g/mol. The number of H-pyrrole nitrogens is 1. The Morgan fingerprint density at radius 2 is 2.07 bits per heavy atom. The second-order valence-electron chi connectivity index (χ2n) is 6.90. The number of hydrazone groups is 1. The highest BCUT2D eigenvalue weighted by molar-refractivity contribution is 7.22. The highest BCUT2D eigenvalue weighted by atomic mass is 32.1. The lowest BCUT2D eigenvalue weighted by atomic mass is 10.2. The molecule has 7 nitrogen and oxygen atoms in total. The van der Waals surface area contributed by atoms with Crippen LogP contribution in [-0.4, -0.2) is 40.2 Å². The number of nitrogens with zero attached hydrogens (tertiary/aromatic N) is 3. The molecule has 0 saturated carbocycles. The number of rotatable bonds is 7. The van der Waals surface area contributed by atoms with Crippen molar-refractivity contribution in [2.75, 3.05) is 18.4 Å². The maximum absolute atomic E-state index is 12.2. The smallest absolute Gasteiger partial charge is 0.341 e. The molecular formula is C22H24N6OS. The fourth-order valence-corrected chi connectivity index (χ4v) is 4.24. The van der Waals surface area contributed by atoms with Crippen LogP contribution in [-0.2, 0) is 6.54 Å². The van der Waals surface area contributed by atoms with E-state index in [9.17, 15) is 4.79 Å². The van der Waals surface area contributed by atoms with Crippen molar-refractivity contribution in [2.45, 2.75) is 20.4 Å². The molecule has 2 heterocycles. The molecule has 8 heteroatoms. The first-order valence-electron chi connectivity index (χ1n) is 9.94. The van der Waals surface area contributed by atoms with Gasteiger partial charge in [-0.2, -0.15) is 5.10 Å². The summed E-state index contributed by atoms with van der Waals surface area (Å²) in [6, 6.07) is 13.7. The van der Waals surface area contributed by atoms with Gasteiger partial charge in [-0.25, -0.2) is 15.2 Å². The van der Waals surface area contributed by atoms with Gasteiger partial charge >= 0.3 is 6.03 Å². The van der Waals surface area contributed by atoms with Gasteiger partial charge in [0, 0.05) is 29.2 Å². The first-order chi connectivity index (χ1) is 14.7. The summed E-state index contributed by atoms with van der Waals surface area (Å²) in [6.45, 7) is 7.27. The molecule has 0 atom stereocenters. The summed E-state index contributed by atoms with van der Waals surface area (Å²) in [7, 11) is 0. The summed E-state index contributed by atoms with van der Waals surface area (Å²) in [4.78, 5) is 22.2. The molecule has 4 rings (SSSR count). The molecular weight excluding hydrogens is 396 g/mol. The fraction of sp³-hybridized carbons (Fsp3) is 0.227. The number of anilines is 1. The first-order valence-corrected chi connectivity index (χ1v) is 10.8. The zero-order chi connectivity index (χ0) is 20.9. The van der Waals surface area contributed by atoms with Gasteiger partial charge in [-0.3, -0.25) is 10.2 Å². The number of carbonyl (C=O) groups is 1. The fourth-order valence-electron chi connectivity index (χ4n) is 3.31. The Hall–Kier alpha value is -3.23. The normalized spacial score (nSPS) is 11.7. The molecule has 0 aliphatic heterocycles. The van der Waals surface area contributed by atoms with E-state index in [1.54, 1.807) is 6.21 Å². The maximum Gasteiger partial charge on any atom is 0.341 e. The van der Waals surface area contributed by atoms with Crippen LogP contribution in [0.3, 0.4) is 0 Å². The average Bonchev–Trinajstić information content (AvgIpc) is 3.35. The number of nitrogens with one attached hydrogen (secondary N) is 3. The molecule has 3 N–H and O–H groups in total. The van der Waals surface area contributed by atoms with E-state index in [0.29, 0.717) is 5.13 Å². The number of carbonyl (C=O) groups excluding carboxylic acids is 1. The summed E-state index contributed by atoms with van der Waals surface area (Å²) in [5, 5.41) is 8.40. The van der Waals surface area contributed by atoms with Gasteiger partial charge in [0.2, 0.25) is 0 Å². The van der Waals surface area contributed by atoms with Crippen molar-refractivity contribution >= 4 is 49.8 Å². The van der Waals surface area contributed by atoms with E-state index in [-0.39, 0.29) is 0 Å². The summed E-state index contributed by atoms with van der Waals surface area (Å²) >= 11 is 1.46. The van der Waals surface area contributed by atoms with Crippen LogP contribution in [0.1, 0.15) is 25.0 Å². The molecule has 0 unspecified atom stereocenters. The van der Waals surface area contributed by atoms with Crippen LogP contribution in [0, 0.1) is 0 Å². The highest BCUT2D eigenvalue weighted by Gasteiger charge is 2.09. The van der Waals surface area contributed by atoms with Gasteiger partial charge in [-0.1, -0.05) is 49.4 Å². The van der Waals surface area contributed by atoms with Crippen molar-refractivity contribution in [2.24, 2.45) is 5.10 Å². The molecule has 2 aromatic carbocycles. The summed E-state index contributed by atoms with van der Waals surface area (Å²) < 4.78 is 1.05. The van der Waals surface area contributed by atoms with Crippen molar-refractivity contribution in [1.29, 1.82) is 0 Å². The molecule has 2 aromatic heterocycles. The SMILES string of the molecule is CCN(CC)Cc1ccc2nc(NC(=O)N/N=C/c3c[nH]c4ccccc34)sc2c1. The van der Waals surface area contributed by atoms with E-state index in [4.69, 9.17) is 0 Å². The van der Waals surface area contributed by atoms with Crippen molar-refractivity contribution in [3.05, 3.63) is 59.8 Å². The van der Waals surface area contributed by atoms with Gasteiger partial charge in [0.15, 0.2) is 5.13 Å². The average molecular weight is 421 g/mol. The number of amides is 2. The minimum Gasteiger partial charge on any atom is -0.361 e. The zero-order valence-electron chi connectivity index (χ0n) is 17.0. The van der Waals surface area contributed by atoms with E-state index < -0.39 is 6.03 Å². The number of para-hydroxylation sites is 1. The quantitative estimate of drug-likeness (QED) is 0.297. The number of hydrogen-bond donors (Lipinski definition) is 3. The molecule has 154 valence electrons. The van der Waals surface area contributed by atoms with Crippen LogP contribution in [0.2, 0.25) is 0 Å². The van der Waals surface area contributed by atoms with E-state index >= 15 is 0 Å². The Bertz CT molecular complexity index is 1190. The second kappa shape index (κ2) is 9.06. The minimum atomic E-state index is -0.423. The Labute approximate surface area is 178 Å². The minimum absolute atomic E-state index is 0.423. The van der Waals surface area contributed by atoms with Gasteiger partial charge in [0.25, 0.3) is 0 Å². The lowest BCUT2D eigenvalue weighted by Crippen LogP contribution is -2.24. The van der Waals surface area contributed by atoms with Crippen molar-refractivity contribution in [3.63, 3.8) is 0 Å². The third-order valence-electron chi connectivity index (χ3n) is 4.96. The molecule has 4 aromatic rings. The number of aromatic nitrogens is 2. The molecule has 30 heavy (non-hydrogen) atoms. The van der Waals surface area contributed by atoms with Gasteiger partial charge < -0.3 is 4.98 Å². The Morgan fingerprint density at radius 3 is 2.90 bits per heavy atom. The van der Waals surface area contributed by atoms with Gasteiger partial charge in [0.1, 0.15) is 0 Å². The Kier molecular flexibility index (Phi) is 6.06. The predicted molar refractivity (Wildman–Crippen MR) is 124 cm³/mol. The van der Waals surface area contributed by atoms with Crippen LogP contribution in [0.15, 0.2) is 53.8 Å². The number of aromatic amines is 1. The molecule has 0 bridgehead atoms. The molecule has 0 fully saturated rings. The second-order valence-corrected chi connectivity index (χ2v) is 7.93. The third-order valence-corrected chi connectivity index (χ3v) is 5.90. The highest BCUT2D eigenvalue weighted by Crippen LogP contribution is 2.27. The van der Waals surface area contributed by atoms with Gasteiger partial charge in [-0.05, 0) is 36.9 Å². The predicted octanol–water partition coefficient (Wildman–Crippen LogP) is 4.78. The zero-order valence-corrected chi connectivity index (χ0v) is 17.8. The maximum atomic E-state index is 12.2. The molecule has 2 amide bonds. The number of hydrogen-bond acceptors (Lipinski definition) is 5. The van der Waals surface area contributed by atoms with Gasteiger partial charge in [-0.15, -0.1) is 0 Å². The van der Waals surface area contributed by atoms with Crippen molar-refractivity contribution in [3.8, 4) is 0 Å². The molecule has 0 spiro atoms. The standard InChI is InChI=1S/C22H24N6OS/c1-3-28(4-2)14-15-9-10-19-20(11-15)30-22(25-19)26-21(29)27-24-13-16-12-23-18-8-6-5-7-17(16)18/h5-13,23H,3-4,14H2,1-2H3,(H2,25,26,27,29)/b24-13+. The van der Waals surface area contributed by atoms with Gasteiger partial charge in [0.05, 0.1) is 16.4 Å². The number of thiazole rings is 1. The number of fused-ring (bicyclic) bond motifs is 2. The van der Waals surface area contributed by atoms with E-state index in [1.165, 1.54) is 16.9 Å². The van der Waals surface area contributed by atoms with Crippen LogP contribution in [0.5, 0.6) is 0 Å². The largest absolute Gasteiger partial charge is 0.361 e. The lowest BCUT2D eigenvalue weighted by Gasteiger charge is -2.17. The van der Waals surface area contributed by atoms with Crippen molar-refractivity contribution < 1.29 is 4.79 Å².